The molecular formula is C22H21N5O2. The van der Waals surface area contributed by atoms with Crippen molar-refractivity contribution in [1.82, 2.24) is 19.7 Å². The molecule has 7 heteroatoms. The number of benzene rings is 2. The van der Waals surface area contributed by atoms with Crippen LogP contribution in [0, 0.1) is 6.92 Å². The number of aryl methyl sites for hydroxylation is 2. The lowest BCUT2D eigenvalue weighted by Crippen LogP contribution is -2.24. The zero-order valence-corrected chi connectivity index (χ0v) is 16.4. The summed E-state index contributed by atoms with van der Waals surface area (Å²) in [7, 11) is 0. The molecule has 0 N–H and O–H groups in total. The summed E-state index contributed by atoms with van der Waals surface area (Å²) in [6.07, 6.45) is 2.20. The quantitative estimate of drug-likeness (QED) is 0.530. The third-order valence-electron chi connectivity index (χ3n) is 5.48. The van der Waals surface area contributed by atoms with E-state index in [-0.39, 0.29) is 11.8 Å². The first-order valence-corrected chi connectivity index (χ1v) is 9.78. The average molecular weight is 387 g/mol. The number of hydrogen-bond acceptors (Lipinski definition) is 5. The number of amides is 1. The van der Waals surface area contributed by atoms with Gasteiger partial charge in [0, 0.05) is 30.8 Å². The smallest absolute Gasteiger partial charge is 0.232 e. The van der Waals surface area contributed by atoms with Crippen LogP contribution in [-0.4, -0.2) is 32.1 Å². The Labute approximate surface area is 168 Å². The zero-order chi connectivity index (χ0) is 20.0. The van der Waals surface area contributed by atoms with Crippen molar-refractivity contribution in [2.45, 2.75) is 32.7 Å². The Balaban J connectivity index is 1.39. The summed E-state index contributed by atoms with van der Waals surface area (Å²) >= 11 is 0. The average Bonchev–Trinajstić information content (AvgIpc) is 3.46. The third kappa shape index (κ3) is 3.08. The second-order valence-corrected chi connectivity index (χ2v) is 7.43. The minimum Gasteiger partial charge on any atom is -0.339 e. The van der Waals surface area contributed by atoms with Gasteiger partial charge in [0.05, 0.1) is 23.3 Å². The normalized spacial score (nSPS) is 16.8. The number of carbonyl (C=O) groups is 1. The Hall–Kier alpha value is -3.48. The van der Waals surface area contributed by atoms with E-state index in [2.05, 4.69) is 26.6 Å². The van der Waals surface area contributed by atoms with Crippen molar-refractivity contribution in [2.75, 3.05) is 11.4 Å². The van der Waals surface area contributed by atoms with Crippen molar-refractivity contribution in [3.05, 3.63) is 60.2 Å². The van der Waals surface area contributed by atoms with Gasteiger partial charge in [-0.3, -0.25) is 4.79 Å². The number of rotatable bonds is 4. The number of imidazole rings is 1. The van der Waals surface area contributed by atoms with Gasteiger partial charge in [-0.05, 0) is 44.2 Å². The van der Waals surface area contributed by atoms with E-state index in [0.717, 1.165) is 28.8 Å². The van der Waals surface area contributed by atoms with Crippen LogP contribution in [0.25, 0.3) is 22.4 Å². The van der Waals surface area contributed by atoms with E-state index in [1.165, 1.54) is 5.56 Å². The molecule has 1 aliphatic heterocycles. The Morgan fingerprint density at radius 2 is 2.00 bits per heavy atom. The molecule has 1 unspecified atom stereocenters. The Morgan fingerprint density at radius 1 is 1.17 bits per heavy atom. The molecule has 7 nitrogen and oxygen atoms in total. The van der Waals surface area contributed by atoms with Gasteiger partial charge in [-0.1, -0.05) is 22.9 Å². The highest BCUT2D eigenvalue weighted by Crippen LogP contribution is 2.32. The highest BCUT2D eigenvalue weighted by atomic mass is 16.5. The van der Waals surface area contributed by atoms with Crippen LogP contribution < -0.4 is 4.90 Å². The number of fused-ring (bicyclic) bond motifs is 1. The molecule has 0 aliphatic carbocycles. The highest BCUT2D eigenvalue weighted by molar-refractivity contribution is 5.96. The first-order valence-electron chi connectivity index (χ1n) is 9.78. The van der Waals surface area contributed by atoms with Gasteiger partial charge in [0.15, 0.2) is 0 Å². The summed E-state index contributed by atoms with van der Waals surface area (Å²) in [5, 5.41) is 4.15. The first kappa shape index (κ1) is 17.6. The van der Waals surface area contributed by atoms with E-state index in [0.29, 0.717) is 24.7 Å². The maximum Gasteiger partial charge on any atom is 0.232 e. The van der Waals surface area contributed by atoms with Crippen LogP contribution in [0.2, 0.25) is 0 Å². The second-order valence-electron chi connectivity index (χ2n) is 7.43. The summed E-state index contributed by atoms with van der Waals surface area (Å²) in [6, 6.07) is 13.9. The molecule has 1 amide bonds. The molecule has 1 atom stereocenters. The first-order chi connectivity index (χ1) is 14.1. The van der Waals surface area contributed by atoms with Gasteiger partial charge in [0.2, 0.25) is 17.6 Å². The lowest BCUT2D eigenvalue weighted by Gasteiger charge is -2.16. The minimum absolute atomic E-state index is 0.0742. The van der Waals surface area contributed by atoms with Crippen molar-refractivity contribution in [1.29, 1.82) is 0 Å². The fourth-order valence-corrected chi connectivity index (χ4v) is 3.82. The number of hydrogen-bond donors (Lipinski definition) is 0. The van der Waals surface area contributed by atoms with Crippen LogP contribution in [0.15, 0.2) is 53.3 Å². The summed E-state index contributed by atoms with van der Waals surface area (Å²) < 4.78 is 7.62. The van der Waals surface area contributed by atoms with E-state index in [1.807, 2.05) is 55.7 Å². The predicted octanol–water partition coefficient (Wildman–Crippen LogP) is 3.94. The molecule has 1 aliphatic rings. The van der Waals surface area contributed by atoms with Gasteiger partial charge in [-0.2, -0.15) is 4.98 Å². The van der Waals surface area contributed by atoms with Crippen molar-refractivity contribution < 1.29 is 9.32 Å². The van der Waals surface area contributed by atoms with Gasteiger partial charge in [0.1, 0.15) is 0 Å². The Morgan fingerprint density at radius 3 is 2.79 bits per heavy atom. The van der Waals surface area contributed by atoms with E-state index >= 15 is 0 Å². The molecule has 0 spiro atoms. The lowest BCUT2D eigenvalue weighted by molar-refractivity contribution is -0.117. The standard InChI is InChI=1S/C22H21N5O2/c1-3-26-13-23-18-10-15(6-9-19(18)26)21-24-22(29-25-21)16-11-20(28)27(12-16)17-7-4-14(2)5-8-17/h4-10,13,16H,3,11-12H2,1-2H3. The Bertz CT molecular complexity index is 1190. The molecule has 29 heavy (non-hydrogen) atoms. The maximum absolute atomic E-state index is 12.5. The second kappa shape index (κ2) is 6.84. The van der Waals surface area contributed by atoms with E-state index in [1.54, 1.807) is 4.90 Å². The van der Waals surface area contributed by atoms with E-state index in [9.17, 15) is 4.79 Å². The molecule has 2 aromatic heterocycles. The van der Waals surface area contributed by atoms with Gasteiger partial charge >= 0.3 is 0 Å². The van der Waals surface area contributed by atoms with Crippen molar-refractivity contribution in [3.63, 3.8) is 0 Å². The van der Waals surface area contributed by atoms with Crippen LogP contribution in [0.3, 0.4) is 0 Å². The molecular weight excluding hydrogens is 366 g/mol. The van der Waals surface area contributed by atoms with Crippen LogP contribution in [0.1, 0.15) is 30.7 Å². The number of anilines is 1. The van der Waals surface area contributed by atoms with Crippen LogP contribution in [0.5, 0.6) is 0 Å². The largest absolute Gasteiger partial charge is 0.339 e. The molecule has 4 aromatic rings. The summed E-state index contributed by atoms with van der Waals surface area (Å²) in [5.41, 5.74) is 4.90. The van der Waals surface area contributed by atoms with Gasteiger partial charge in [-0.15, -0.1) is 0 Å². The molecule has 0 saturated carbocycles. The molecule has 146 valence electrons. The van der Waals surface area contributed by atoms with Crippen molar-refractivity contribution >= 4 is 22.6 Å². The monoisotopic (exact) mass is 387 g/mol. The highest BCUT2D eigenvalue weighted by Gasteiger charge is 2.35. The SMILES string of the molecule is CCn1cnc2cc(-c3noc(C4CC(=O)N(c5ccc(C)cc5)C4)n3)ccc21. The molecule has 1 fully saturated rings. The lowest BCUT2D eigenvalue weighted by atomic mass is 10.1. The van der Waals surface area contributed by atoms with Crippen molar-refractivity contribution in [2.24, 2.45) is 0 Å². The number of carbonyl (C=O) groups excluding carboxylic acids is 1. The molecule has 1 saturated heterocycles. The van der Waals surface area contributed by atoms with Crippen LogP contribution in [0.4, 0.5) is 5.69 Å². The molecule has 3 heterocycles. The van der Waals surface area contributed by atoms with Crippen LogP contribution in [-0.2, 0) is 11.3 Å². The van der Waals surface area contributed by atoms with Crippen molar-refractivity contribution in [3.8, 4) is 11.4 Å². The van der Waals surface area contributed by atoms with Gasteiger partial charge in [-0.25, -0.2) is 4.98 Å². The van der Waals surface area contributed by atoms with E-state index in [4.69, 9.17) is 4.52 Å². The van der Waals surface area contributed by atoms with Gasteiger partial charge < -0.3 is 14.0 Å². The molecule has 5 rings (SSSR count). The molecule has 2 aromatic carbocycles. The topological polar surface area (TPSA) is 77.0 Å². The predicted molar refractivity (Wildman–Crippen MR) is 110 cm³/mol. The molecule has 0 bridgehead atoms. The summed E-state index contributed by atoms with van der Waals surface area (Å²) in [6.45, 7) is 5.53. The summed E-state index contributed by atoms with van der Waals surface area (Å²) in [5.74, 6) is 0.995. The van der Waals surface area contributed by atoms with Crippen LogP contribution >= 0.6 is 0 Å². The summed E-state index contributed by atoms with van der Waals surface area (Å²) in [4.78, 5) is 23.3. The number of aromatic nitrogens is 4. The minimum atomic E-state index is -0.104. The number of nitrogens with zero attached hydrogens (tertiary/aromatic N) is 5. The molecule has 0 radical (unpaired) electrons. The fourth-order valence-electron chi connectivity index (χ4n) is 3.82. The van der Waals surface area contributed by atoms with E-state index < -0.39 is 0 Å². The Kier molecular flexibility index (Phi) is 4.16. The van der Waals surface area contributed by atoms with Gasteiger partial charge in [0.25, 0.3) is 0 Å². The maximum atomic E-state index is 12.5. The fraction of sp³-hybridized carbons (Fsp3) is 0.273. The third-order valence-corrected chi connectivity index (χ3v) is 5.48. The zero-order valence-electron chi connectivity index (χ0n) is 16.4.